The number of benzene rings is 7. The van der Waals surface area contributed by atoms with Crippen LogP contribution in [0.15, 0.2) is 188 Å². The minimum Gasteiger partial charge on any atom is -0.457 e. The highest BCUT2D eigenvalue weighted by molar-refractivity contribution is 6.09. The van der Waals surface area contributed by atoms with Crippen LogP contribution in [0, 0.1) is 0 Å². The third kappa shape index (κ3) is 7.14. The number of carbonyl (C=O) groups is 1. The van der Waals surface area contributed by atoms with Crippen molar-refractivity contribution in [1.29, 1.82) is 0 Å². The van der Waals surface area contributed by atoms with E-state index in [-0.39, 0.29) is 5.41 Å². The number of rotatable bonds is 9. The van der Waals surface area contributed by atoms with Crippen LogP contribution in [0.3, 0.4) is 0 Å². The molecule has 0 N–H and O–H groups in total. The van der Waals surface area contributed by atoms with Crippen LogP contribution in [0.25, 0.3) is 49.9 Å². The summed E-state index contributed by atoms with van der Waals surface area (Å²) in [6, 6.07) is 61.6. The van der Waals surface area contributed by atoms with E-state index in [0.29, 0.717) is 30.2 Å². The van der Waals surface area contributed by atoms with Gasteiger partial charge in [0, 0.05) is 29.1 Å². The van der Waals surface area contributed by atoms with E-state index in [1.54, 1.807) is 9.96 Å². The van der Waals surface area contributed by atoms with E-state index < -0.39 is 6.09 Å². The lowest BCUT2D eigenvalue weighted by molar-refractivity contribution is 0.138. The van der Waals surface area contributed by atoms with Gasteiger partial charge < -0.3 is 9.57 Å². The summed E-state index contributed by atoms with van der Waals surface area (Å²) in [6.45, 7) is 7.10. The van der Waals surface area contributed by atoms with Gasteiger partial charge in [-0.15, -0.1) is 0 Å². The number of hydrogen-bond acceptors (Lipinski definition) is 5. The largest absolute Gasteiger partial charge is 0.457 e. The van der Waals surface area contributed by atoms with Gasteiger partial charge in [0.05, 0.1) is 34.6 Å². The molecule has 7 heteroatoms. The molecule has 0 bridgehead atoms. The number of aromatic nitrogens is 2. The first kappa shape index (κ1) is 37.6. The Morgan fingerprint density at radius 1 is 0.590 bits per heavy atom. The molecule has 0 saturated carbocycles. The Kier molecular flexibility index (Phi) is 9.57. The Labute approximate surface area is 355 Å². The molecule has 7 aromatic carbocycles. The molecule has 298 valence electrons. The molecule has 0 radical (unpaired) electrons. The molecule has 0 fully saturated rings. The van der Waals surface area contributed by atoms with Crippen molar-refractivity contribution in [2.75, 3.05) is 16.5 Å². The zero-order valence-corrected chi connectivity index (χ0v) is 34.3. The third-order valence-corrected chi connectivity index (χ3v) is 11.5. The number of pyridine rings is 1. The van der Waals surface area contributed by atoms with Crippen molar-refractivity contribution in [3.8, 4) is 39.6 Å². The smallest absolute Gasteiger partial charge is 0.443 e. The van der Waals surface area contributed by atoms with Gasteiger partial charge in [-0.25, -0.2) is 19.7 Å². The molecule has 1 aliphatic heterocycles. The van der Waals surface area contributed by atoms with Crippen LogP contribution in [0.4, 0.5) is 21.9 Å². The minimum absolute atomic E-state index is 0.0311. The summed E-state index contributed by atoms with van der Waals surface area (Å²) in [6.07, 6.45) is 2.03. The number of hydroxylamine groups is 1. The summed E-state index contributed by atoms with van der Waals surface area (Å²) in [7, 11) is 0. The van der Waals surface area contributed by atoms with Crippen molar-refractivity contribution in [2.45, 2.75) is 32.6 Å². The van der Waals surface area contributed by atoms with Crippen LogP contribution >= 0.6 is 0 Å². The number of anilines is 3. The fourth-order valence-electron chi connectivity index (χ4n) is 8.49. The lowest BCUT2D eigenvalue weighted by Gasteiger charge is -2.36. The Bertz CT molecular complexity index is 3000. The van der Waals surface area contributed by atoms with Crippen LogP contribution in [-0.4, -0.2) is 22.2 Å². The fourth-order valence-corrected chi connectivity index (χ4v) is 8.49. The first-order valence-electron chi connectivity index (χ1n) is 20.7. The first-order valence-corrected chi connectivity index (χ1v) is 20.7. The summed E-state index contributed by atoms with van der Waals surface area (Å²) < 4.78 is 8.79. The SMILES string of the molecule is CC(C)(C)c1ccnc(-n2c3ccccc3c3ccc(Oc4cccc(N5C(=O)ON(CCc6c(-c7ccccc7)cccc6-c6ccccc6)c6ccccc65)c4)cc32)c1. The van der Waals surface area contributed by atoms with Gasteiger partial charge in [0.2, 0.25) is 0 Å². The predicted molar refractivity (Wildman–Crippen MR) is 247 cm³/mol. The topological polar surface area (TPSA) is 59.8 Å². The van der Waals surface area contributed by atoms with E-state index in [4.69, 9.17) is 14.6 Å². The Morgan fingerprint density at radius 2 is 1.23 bits per heavy atom. The zero-order valence-electron chi connectivity index (χ0n) is 34.3. The fraction of sp³-hybridized carbons (Fsp3) is 0.111. The second kappa shape index (κ2) is 15.5. The zero-order chi connectivity index (χ0) is 41.5. The number of para-hydroxylation sites is 3. The molecule has 0 aliphatic carbocycles. The molecule has 61 heavy (non-hydrogen) atoms. The van der Waals surface area contributed by atoms with Gasteiger partial charge in [-0.3, -0.25) is 4.57 Å². The van der Waals surface area contributed by atoms with Crippen molar-refractivity contribution in [3.05, 3.63) is 199 Å². The van der Waals surface area contributed by atoms with Gasteiger partial charge >= 0.3 is 6.09 Å². The van der Waals surface area contributed by atoms with Crippen LogP contribution in [0.5, 0.6) is 11.5 Å². The average Bonchev–Trinajstić information content (AvgIpc) is 3.62. The number of carbonyl (C=O) groups excluding carboxylic acids is 1. The Balaban J connectivity index is 0.956. The van der Waals surface area contributed by atoms with E-state index in [1.165, 1.54) is 11.1 Å². The number of ether oxygens (including phenoxy) is 1. The predicted octanol–water partition coefficient (Wildman–Crippen LogP) is 13.9. The molecule has 10 rings (SSSR count). The molecule has 2 aromatic heterocycles. The molecule has 1 amide bonds. The lowest BCUT2D eigenvalue weighted by Crippen LogP contribution is -2.41. The highest BCUT2D eigenvalue weighted by atomic mass is 16.7. The number of amides is 1. The van der Waals surface area contributed by atoms with Gasteiger partial charge in [0.1, 0.15) is 17.3 Å². The molecule has 0 saturated heterocycles. The number of nitrogens with zero attached hydrogens (tertiary/aromatic N) is 4. The van der Waals surface area contributed by atoms with E-state index in [2.05, 4.69) is 141 Å². The Hall–Kier alpha value is -7.64. The molecule has 1 aliphatic rings. The molecule has 0 unspecified atom stereocenters. The summed E-state index contributed by atoms with van der Waals surface area (Å²) >= 11 is 0. The van der Waals surface area contributed by atoms with E-state index >= 15 is 0 Å². The van der Waals surface area contributed by atoms with Gasteiger partial charge in [-0.2, -0.15) is 0 Å². The van der Waals surface area contributed by atoms with Gasteiger partial charge in [0.15, 0.2) is 0 Å². The highest BCUT2D eigenvalue weighted by Gasteiger charge is 2.33. The van der Waals surface area contributed by atoms with Gasteiger partial charge in [-0.05, 0) is 99.8 Å². The maximum atomic E-state index is 14.1. The van der Waals surface area contributed by atoms with E-state index in [1.807, 2.05) is 72.9 Å². The second-order valence-electron chi connectivity index (χ2n) is 16.4. The molecule has 0 atom stereocenters. The monoisotopic (exact) mass is 796 g/mol. The lowest BCUT2D eigenvalue weighted by atomic mass is 9.88. The highest BCUT2D eigenvalue weighted by Crippen LogP contribution is 2.42. The Morgan fingerprint density at radius 3 is 1.97 bits per heavy atom. The summed E-state index contributed by atoms with van der Waals surface area (Å²) in [4.78, 5) is 26.8. The van der Waals surface area contributed by atoms with Crippen molar-refractivity contribution in [3.63, 3.8) is 0 Å². The quantitative estimate of drug-likeness (QED) is 0.146. The van der Waals surface area contributed by atoms with E-state index in [0.717, 1.165) is 61.3 Å². The number of fused-ring (bicyclic) bond motifs is 4. The van der Waals surface area contributed by atoms with Crippen molar-refractivity contribution in [2.24, 2.45) is 0 Å². The molecule has 0 spiro atoms. The first-order chi connectivity index (χ1) is 29.8. The summed E-state index contributed by atoms with van der Waals surface area (Å²) in [5.74, 6) is 2.11. The molecule has 9 aromatic rings. The molecule has 3 heterocycles. The van der Waals surface area contributed by atoms with Crippen molar-refractivity contribution in [1.82, 2.24) is 9.55 Å². The van der Waals surface area contributed by atoms with Gasteiger partial charge in [-0.1, -0.05) is 136 Å². The van der Waals surface area contributed by atoms with Crippen LogP contribution < -0.4 is 14.7 Å². The van der Waals surface area contributed by atoms with Crippen LogP contribution in [-0.2, 0) is 16.7 Å². The standard InChI is InChI=1S/C54H44N4O3/c1-54(2,3)39-30-32-55-52(34-39)58-48-25-11-10-22-46(48)47-29-28-42(36-51(47)58)60-41-21-14-20-40(35-41)57-50-27-13-12-26-49(50)56(61-53(57)59)33-31-45-43(37-16-6-4-7-17-37)23-15-24-44(45)38-18-8-5-9-19-38/h4-30,32,34-36H,31,33H2,1-3H3. The number of hydrogen-bond donors (Lipinski definition) is 0. The summed E-state index contributed by atoms with van der Waals surface area (Å²) in [5, 5.41) is 3.98. The van der Waals surface area contributed by atoms with Gasteiger partial charge in [0.25, 0.3) is 0 Å². The minimum atomic E-state index is -0.494. The van der Waals surface area contributed by atoms with Crippen LogP contribution in [0.2, 0.25) is 0 Å². The molecule has 7 nitrogen and oxygen atoms in total. The average molecular weight is 797 g/mol. The summed E-state index contributed by atoms with van der Waals surface area (Å²) in [5.41, 5.74) is 11.2. The second-order valence-corrected chi connectivity index (χ2v) is 16.4. The third-order valence-electron chi connectivity index (χ3n) is 11.5. The maximum absolute atomic E-state index is 14.1. The molecular weight excluding hydrogens is 753 g/mol. The molecular formula is C54H44N4O3. The van der Waals surface area contributed by atoms with Crippen molar-refractivity contribution < 1.29 is 14.4 Å². The normalized spacial score (nSPS) is 12.7. The van der Waals surface area contributed by atoms with E-state index in [9.17, 15) is 4.79 Å². The maximum Gasteiger partial charge on any atom is 0.443 e. The van der Waals surface area contributed by atoms with Crippen LogP contribution in [0.1, 0.15) is 31.9 Å². The van der Waals surface area contributed by atoms with Crippen molar-refractivity contribution >= 4 is 45.0 Å².